The molecule has 0 saturated carbocycles. The maximum atomic E-state index is 12.6. The number of piperidine rings is 1. The van der Waals surface area contributed by atoms with Gasteiger partial charge in [-0.2, -0.15) is 0 Å². The zero-order chi connectivity index (χ0) is 21.2. The number of nitrogens with one attached hydrogen (secondary N) is 3. The average molecular weight is 392 g/mol. The first-order valence-corrected chi connectivity index (χ1v) is 9.93. The maximum absolute atomic E-state index is 12.6. The van der Waals surface area contributed by atoms with Gasteiger partial charge in [0.15, 0.2) is 0 Å². The second-order valence-electron chi connectivity index (χ2n) is 7.50. The zero-order valence-corrected chi connectivity index (χ0v) is 17.7. The van der Waals surface area contributed by atoms with E-state index < -0.39 is 5.54 Å². The molecule has 1 saturated heterocycles. The van der Waals surface area contributed by atoms with Gasteiger partial charge in [0.05, 0.1) is 11.2 Å². The summed E-state index contributed by atoms with van der Waals surface area (Å²) < 4.78 is 0. The van der Waals surface area contributed by atoms with Gasteiger partial charge in [0, 0.05) is 31.4 Å². The molecule has 0 aromatic carbocycles. The minimum Gasteiger partial charge on any atom is -0.396 e. The van der Waals surface area contributed by atoms with Crippen LogP contribution in [0.4, 0.5) is 0 Å². The van der Waals surface area contributed by atoms with Crippen molar-refractivity contribution in [1.29, 1.82) is 5.41 Å². The Morgan fingerprint density at radius 1 is 1.39 bits per heavy atom. The van der Waals surface area contributed by atoms with Gasteiger partial charge in [0.1, 0.15) is 5.70 Å². The van der Waals surface area contributed by atoms with Crippen LogP contribution in [-0.2, 0) is 4.79 Å². The van der Waals surface area contributed by atoms with Crippen LogP contribution in [0.25, 0.3) is 0 Å². The molecule has 1 atom stereocenters. The molecule has 1 rings (SSSR count). The summed E-state index contributed by atoms with van der Waals surface area (Å²) in [6.45, 7) is 6.37. The molecular formula is C20H37N7O. The van der Waals surface area contributed by atoms with Crippen molar-refractivity contribution in [3.63, 3.8) is 0 Å². The van der Waals surface area contributed by atoms with E-state index in [0.717, 1.165) is 32.4 Å². The number of likely N-dealkylation sites (N-methyl/N-ethyl adjacent to an activating group) is 1. The topological polar surface area (TPSA) is 133 Å². The monoisotopic (exact) mass is 391 g/mol. The Morgan fingerprint density at radius 2 is 2.04 bits per heavy atom. The summed E-state index contributed by atoms with van der Waals surface area (Å²) in [6, 6.07) is 0.161. The molecule has 1 amide bonds. The second kappa shape index (κ2) is 11.6. The molecule has 0 aromatic rings. The minimum absolute atomic E-state index is 0.161. The highest BCUT2D eigenvalue weighted by Crippen LogP contribution is 2.17. The van der Waals surface area contributed by atoms with Crippen LogP contribution in [0.15, 0.2) is 28.5 Å². The lowest BCUT2D eigenvalue weighted by atomic mass is 9.98. The third-order valence-corrected chi connectivity index (χ3v) is 5.09. The molecule has 1 aliphatic heterocycles. The molecular weight excluding hydrogens is 354 g/mol. The number of hydrogen-bond acceptors (Lipinski definition) is 7. The van der Waals surface area contributed by atoms with Gasteiger partial charge < -0.3 is 32.4 Å². The molecule has 158 valence electrons. The molecule has 1 fully saturated rings. The summed E-state index contributed by atoms with van der Waals surface area (Å²) >= 11 is 0. The van der Waals surface area contributed by atoms with Crippen molar-refractivity contribution >= 4 is 17.8 Å². The smallest absolute Gasteiger partial charge is 0.269 e. The number of carbonyl (C=O) groups is 1. The third kappa shape index (κ3) is 7.82. The lowest BCUT2D eigenvalue weighted by Crippen LogP contribution is -2.45. The fraction of sp³-hybridized carbons (Fsp3) is 0.650. The van der Waals surface area contributed by atoms with Crippen molar-refractivity contribution in [2.45, 2.75) is 51.1 Å². The van der Waals surface area contributed by atoms with Gasteiger partial charge in [0.25, 0.3) is 5.91 Å². The molecule has 0 aromatic heterocycles. The van der Waals surface area contributed by atoms with Gasteiger partial charge in [-0.3, -0.25) is 9.79 Å². The summed E-state index contributed by atoms with van der Waals surface area (Å²) in [4.78, 5) is 19.4. The van der Waals surface area contributed by atoms with Gasteiger partial charge in [-0.15, -0.1) is 0 Å². The van der Waals surface area contributed by atoms with E-state index in [0.29, 0.717) is 24.4 Å². The Balaban J connectivity index is 2.84. The van der Waals surface area contributed by atoms with Crippen LogP contribution in [0.5, 0.6) is 0 Å². The molecule has 0 bridgehead atoms. The summed E-state index contributed by atoms with van der Waals surface area (Å²) in [5, 5.41) is 13.8. The highest BCUT2D eigenvalue weighted by atomic mass is 16.2. The molecule has 8 heteroatoms. The first kappa shape index (κ1) is 23.8. The number of carbonyl (C=O) groups excluding carboxylic acids is 1. The fourth-order valence-corrected chi connectivity index (χ4v) is 2.85. The van der Waals surface area contributed by atoms with Gasteiger partial charge >= 0.3 is 0 Å². The quantitative estimate of drug-likeness (QED) is 0.277. The predicted octanol–water partition coefficient (Wildman–Crippen LogP) is 0.751. The summed E-state index contributed by atoms with van der Waals surface area (Å²) in [5.41, 5.74) is 12.2. The van der Waals surface area contributed by atoms with Crippen LogP contribution in [-0.4, -0.2) is 68.0 Å². The van der Waals surface area contributed by atoms with E-state index in [2.05, 4.69) is 27.6 Å². The van der Waals surface area contributed by atoms with Crippen molar-refractivity contribution < 1.29 is 4.79 Å². The number of nitrogens with two attached hydrogens (primary N) is 2. The van der Waals surface area contributed by atoms with Crippen molar-refractivity contribution in [1.82, 2.24) is 15.5 Å². The van der Waals surface area contributed by atoms with Gasteiger partial charge in [-0.25, -0.2) is 0 Å². The first-order chi connectivity index (χ1) is 13.2. The molecule has 1 heterocycles. The number of aliphatic imine (C=N–C) groups is 1. The Labute approximate surface area is 169 Å². The Bertz CT molecular complexity index is 618. The molecule has 0 unspecified atom stereocenters. The van der Waals surface area contributed by atoms with Crippen molar-refractivity contribution in [3.05, 3.63) is 23.5 Å². The number of amides is 1. The summed E-state index contributed by atoms with van der Waals surface area (Å²) in [6.07, 6.45) is 8.27. The number of allylic oxidation sites excluding steroid dienone is 2. The minimum atomic E-state index is -0.505. The highest BCUT2D eigenvalue weighted by Gasteiger charge is 2.21. The van der Waals surface area contributed by atoms with Crippen molar-refractivity contribution in [3.8, 4) is 0 Å². The van der Waals surface area contributed by atoms with E-state index >= 15 is 0 Å². The van der Waals surface area contributed by atoms with Crippen LogP contribution < -0.4 is 22.1 Å². The Morgan fingerprint density at radius 3 is 2.57 bits per heavy atom. The van der Waals surface area contributed by atoms with Gasteiger partial charge in [-0.1, -0.05) is 13.0 Å². The second-order valence-corrected chi connectivity index (χ2v) is 7.50. The largest absolute Gasteiger partial charge is 0.396 e. The van der Waals surface area contributed by atoms with E-state index in [9.17, 15) is 4.79 Å². The Hall–Kier alpha value is -2.19. The third-order valence-electron chi connectivity index (χ3n) is 5.09. The standard InChI is InChI=1S/C20H37N7O/c1-5-20(2,10-6-15(22)7-11-21)25-14-17(23)18(24-3)19(28)26-16-8-12-27(4)13-9-16/h6,10,14,16,22,24H,5,7-9,11-13,21,23H2,1-4H3,(H,26,28)/b10-6-,18-17+,22-15?,25-14-/t20-/m0/s1. The van der Waals surface area contributed by atoms with Crippen LogP contribution in [0.2, 0.25) is 0 Å². The number of hydrogen-bond donors (Lipinski definition) is 5. The van der Waals surface area contributed by atoms with Crippen LogP contribution >= 0.6 is 0 Å². The zero-order valence-electron chi connectivity index (χ0n) is 17.7. The molecule has 7 N–H and O–H groups in total. The normalized spacial score (nSPS) is 19.5. The fourth-order valence-electron chi connectivity index (χ4n) is 2.85. The Kier molecular flexibility index (Phi) is 9.89. The molecule has 0 aliphatic carbocycles. The highest BCUT2D eigenvalue weighted by molar-refractivity contribution is 5.99. The summed E-state index contributed by atoms with van der Waals surface area (Å²) in [7, 11) is 3.76. The summed E-state index contributed by atoms with van der Waals surface area (Å²) in [5.74, 6) is -0.209. The average Bonchev–Trinajstić information content (AvgIpc) is 2.67. The first-order valence-electron chi connectivity index (χ1n) is 9.93. The molecule has 8 nitrogen and oxygen atoms in total. The molecule has 1 aliphatic rings. The lowest BCUT2D eigenvalue weighted by Gasteiger charge is -2.29. The molecule has 0 spiro atoms. The van der Waals surface area contributed by atoms with Crippen LogP contribution in [0.3, 0.4) is 0 Å². The van der Waals surface area contributed by atoms with Crippen molar-refractivity contribution in [2.75, 3.05) is 33.7 Å². The van der Waals surface area contributed by atoms with Gasteiger partial charge in [0.2, 0.25) is 0 Å². The number of rotatable bonds is 10. The van der Waals surface area contributed by atoms with E-state index in [4.69, 9.17) is 16.9 Å². The molecule has 0 radical (unpaired) electrons. The van der Waals surface area contributed by atoms with Crippen LogP contribution in [0, 0.1) is 5.41 Å². The van der Waals surface area contributed by atoms with Crippen molar-refractivity contribution in [2.24, 2.45) is 16.5 Å². The van der Waals surface area contributed by atoms with E-state index in [1.165, 1.54) is 6.21 Å². The maximum Gasteiger partial charge on any atom is 0.269 e. The van der Waals surface area contributed by atoms with Crippen LogP contribution in [0.1, 0.15) is 39.5 Å². The molecule has 28 heavy (non-hydrogen) atoms. The van der Waals surface area contributed by atoms with E-state index in [1.54, 1.807) is 13.1 Å². The SMILES string of the molecule is CC[C@@](C)(/C=C\C(=N)CCN)/N=C\C(N)=C(/NC)C(=O)NC1CCN(C)CC1. The van der Waals surface area contributed by atoms with Gasteiger partial charge in [-0.05, 0) is 58.9 Å². The van der Waals surface area contributed by atoms with E-state index in [1.807, 2.05) is 19.9 Å². The lowest BCUT2D eigenvalue weighted by molar-refractivity contribution is -0.118. The number of likely N-dealkylation sites (tertiary alicyclic amines) is 1. The predicted molar refractivity (Wildman–Crippen MR) is 117 cm³/mol. The number of nitrogens with zero attached hydrogens (tertiary/aromatic N) is 2. The van der Waals surface area contributed by atoms with E-state index in [-0.39, 0.29) is 17.6 Å².